The lowest BCUT2D eigenvalue weighted by molar-refractivity contribution is 0.420. The molecule has 3 aromatic rings. The van der Waals surface area contributed by atoms with Crippen LogP contribution < -0.4 is 10.1 Å². The van der Waals surface area contributed by atoms with E-state index in [1.807, 2.05) is 24.3 Å². The lowest BCUT2D eigenvalue weighted by atomic mass is 10.1. The number of fused-ring (bicyclic) bond motifs is 1. The summed E-state index contributed by atoms with van der Waals surface area (Å²) in [5.41, 5.74) is 0.998. The highest BCUT2D eigenvalue weighted by molar-refractivity contribution is 5.95. The van der Waals surface area contributed by atoms with Crippen molar-refractivity contribution in [3.63, 3.8) is 0 Å². The number of rotatable bonds is 4. The van der Waals surface area contributed by atoms with Gasteiger partial charge in [0.2, 0.25) is 0 Å². The van der Waals surface area contributed by atoms with Gasteiger partial charge in [0.1, 0.15) is 17.4 Å². The van der Waals surface area contributed by atoms with Crippen LogP contribution in [0.15, 0.2) is 54.7 Å². The molecule has 1 aromatic heterocycles. The van der Waals surface area contributed by atoms with Gasteiger partial charge in [0.05, 0.1) is 7.11 Å². The molecule has 3 rings (SSSR count). The molecule has 0 unspecified atom stereocenters. The SMILES string of the molecule is COc1cccc2c(NCc3ccc(F)cc3)nccc12. The van der Waals surface area contributed by atoms with Crippen LogP contribution in [0, 0.1) is 5.82 Å². The zero-order chi connectivity index (χ0) is 14.7. The van der Waals surface area contributed by atoms with Crippen LogP contribution in [0.25, 0.3) is 10.8 Å². The van der Waals surface area contributed by atoms with Crippen molar-refractivity contribution in [2.24, 2.45) is 0 Å². The number of benzene rings is 2. The molecule has 0 aliphatic heterocycles. The number of nitrogens with zero attached hydrogens (tertiary/aromatic N) is 1. The third-order valence-electron chi connectivity index (χ3n) is 3.36. The van der Waals surface area contributed by atoms with Gasteiger partial charge in [0.15, 0.2) is 0 Å². The molecule has 2 aromatic carbocycles. The van der Waals surface area contributed by atoms with Gasteiger partial charge in [-0.3, -0.25) is 0 Å². The summed E-state index contributed by atoms with van der Waals surface area (Å²) in [6, 6.07) is 14.2. The fraction of sp³-hybridized carbons (Fsp3) is 0.118. The van der Waals surface area contributed by atoms with Crippen LogP contribution in [-0.2, 0) is 6.54 Å². The van der Waals surface area contributed by atoms with E-state index in [1.165, 1.54) is 12.1 Å². The third kappa shape index (κ3) is 2.79. The van der Waals surface area contributed by atoms with Gasteiger partial charge in [-0.05, 0) is 29.8 Å². The van der Waals surface area contributed by atoms with Crippen LogP contribution >= 0.6 is 0 Å². The Morgan fingerprint density at radius 2 is 1.86 bits per heavy atom. The molecule has 3 nitrogen and oxygen atoms in total. The van der Waals surface area contributed by atoms with Gasteiger partial charge in [-0.2, -0.15) is 0 Å². The highest BCUT2D eigenvalue weighted by atomic mass is 19.1. The van der Waals surface area contributed by atoms with E-state index in [0.717, 1.165) is 27.9 Å². The van der Waals surface area contributed by atoms with Gasteiger partial charge < -0.3 is 10.1 Å². The molecule has 1 N–H and O–H groups in total. The van der Waals surface area contributed by atoms with Gasteiger partial charge in [0, 0.05) is 23.5 Å². The van der Waals surface area contributed by atoms with E-state index >= 15 is 0 Å². The summed E-state index contributed by atoms with van der Waals surface area (Å²) in [6.07, 6.45) is 1.75. The van der Waals surface area contributed by atoms with Crippen LogP contribution in [-0.4, -0.2) is 12.1 Å². The summed E-state index contributed by atoms with van der Waals surface area (Å²) in [6.45, 7) is 0.587. The fourth-order valence-electron chi connectivity index (χ4n) is 2.29. The molecule has 106 valence electrons. The van der Waals surface area contributed by atoms with Gasteiger partial charge >= 0.3 is 0 Å². The number of hydrogen-bond acceptors (Lipinski definition) is 3. The topological polar surface area (TPSA) is 34.1 Å². The highest BCUT2D eigenvalue weighted by Crippen LogP contribution is 2.29. The number of hydrogen-bond donors (Lipinski definition) is 1. The van der Waals surface area contributed by atoms with Crippen molar-refractivity contribution < 1.29 is 9.13 Å². The van der Waals surface area contributed by atoms with E-state index < -0.39 is 0 Å². The van der Waals surface area contributed by atoms with Crippen LogP contribution in [0.4, 0.5) is 10.2 Å². The number of aromatic nitrogens is 1. The second-order valence-corrected chi connectivity index (χ2v) is 4.69. The minimum absolute atomic E-state index is 0.230. The molecule has 4 heteroatoms. The molecule has 0 amide bonds. The maximum absolute atomic E-state index is 12.9. The largest absolute Gasteiger partial charge is 0.496 e. The molecule has 0 atom stereocenters. The molecule has 1 heterocycles. The predicted octanol–water partition coefficient (Wildman–Crippen LogP) is 3.99. The van der Waals surface area contributed by atoms with Crippen LogP contribution in [0.3, 0.4) is 0 Å². The lowest BCUT2D eigenvalue weighted by Crippen LogP contribution is -2.02. The highest BCUT2D eigenvalue weighted by Gasteiger charge is 2.06. The zero-order valence-electron chi connectivity index (χ0n) is 11.6. The summed E-state index contributed by atoms with van der Waals surface area (Å²) in [5, 5.41) is 5.30. The Morgan fingerprint density at radius 1 is 1.05 bits per heavy atom. The lowest BCUT2D eigenvalue weighted by Gasteiger charge is -2.11. The first-order chi connectivity index (χ1) is 10.3. The first kappa shape index (κ1) is 13.4. The molecule has 0 aliphatic rings. The monoisotopic (exact) mass is 282 g/mol. The van der Waals surface area contributed by atoms with Crippen LogP contribution in [0.5, 0.6) is 5.75 Å². The van der Waals surface area contributed by atoms with E-state index in [-0.39, 0.29) is 5.82 Å². The molecule has 0 saturated carbocycles. The molecular formula is C17H15FN2O. The van der Waals surface area contributed by atoms with E-state index in [9.17, 15) is 4.39 Å². The number of anilines is 1. The van der Waals surface area contributed by atoms with Crippen molar-refractivity contribution in [1.29, 1.82) is 0 Å². The van der Waals surface area contributed by atoms with E-state index in [2.05, 4.69) is 10.3 Å². The van der Waals surface area contributed by atoms with Crippen molar-refractivity contribution in [3.8, 4) is 5.75 Å². The molecule has 0 saturated heterocycles. The molecule has 0 bridgehead atoms. The Morgan fingerprint density at radius 3 is 2.62 bits per heavy atom. The van der Waals surface area contributed by atoms with Gasteiger partial charge in [-0.25, -0.2) is 9.37 Å². The van der Waals surface area contributed by atoms with Crippen molar-refractivity contribution in [3.05, 3.63) is 66.1 Å². The van der Waals surface area contributed by atoms with Crippen LogP contribution in [0.2, 0.25) is 0 Å². The summed E-state index contributed by atoms with van der Waals surface area (Å²) < 4.78 is 18.3. The second-order valence-electron chi connectivity index (χ2n) is 4.69. The first-order valence-electron chi connectivity index (χ1n) is 6.68. The number of methoxy groups -OCH3 is 1. The Bertz CT molecular complexity index is 756. The number of halogens is 1. The Kier molecular flexibility index (Phi) is 3.69. The summed E-state index contributed by atoms with van der Waals surface area (Å²) in [4.78, 5) is 4.37. The van der Waals surface area contributed by atoms with E-state index in [1.54, 1.807) is 25.4 Å². The average molecular weight is 282 g/mol. The Hall–Kier alpha value is -2.62. The van der Waals surface area contributed by atoms with Gasteiger partial charge in [-0.1, -0.05) is 24.3 Å². The molecule has 0 radical (unpaired) electrons. The normalized spacial score (nSPS) is 10.6. The van der Waals surface area contributed by atoms with Crippen molar-refractivity contribution in [2.45, 2.75) is 6.54 Å². The summed E-state index contributed by atoms with van der Waals surface area (Å²) in [7, 11) is 1.65. The molecule has 0 fully saturated rings. The maximum Gasteiger partial charge on any atom is 0.134 e. The van der Waals surface area contributed by atoms with Crippen molar-refractivity contribution in [1.82, 2.24) is 4.98 Å². The van der Waals surface area contributed by atoms with Crippen molar-refractivity contribution in [2.75, 3.05) is 12.4 Å². The van der Waals surface area contributed by atoms with Gasteiger partial charge in [0.25, 0.3) is 0 Å². The molecule has 21 heavy (non-hydrogen) atoms. The molecular weight excluding hydrogens is 267 g/mol. The average Bonchev–Trinajstić information content (AvgIpc) is 2.53. The molecule has 0 aliphatic carbocycles. The van der Waals surface area contributed by atoms with Gasteiger partial charge in [-0.15, -0.1) is 0 Å². The zero-order valence-corrected chi connectivity index (χ0v) is 11.6. The van der Waals surface area contributed by atoms with Crippen molar-refractivity contribution >= 4 is 16.6 Å². The van der Waals surface area contributed by atoms with E-state index in [4.69, 9.17) is 4.74 Å². The smallest absolute Gasteiger partial charge is 0.134 e. The van der Waals surface area contributed by atoms with Crippen LogP contribution in [0.1, 0.15) is 5.56 Å². The minimum Gasteiger partial charge on any atom is -0.496 e. The predicted molar refractivity (Wildman–Crippen MR) is 82.0 cm³/mol. The summed E-state index contributed by atoms with van der Waals surface area (Å²) in [5.74, 6) is 1.38. The second kappa shape index (κ2) is 5.79. The number of nitrogens with one attached hydrogen (secondary N) is 1. The minimum atomic E-state index is -0.230. The quantitative estimate of drug-likeness (QED) is 0.785. The standard InChI is InChI=1S/C17H15FN2O/c1-21-16-4-2-3-15-14(16)9-10-19-17(15)20-11-12-5-7-13(18)8-6-12/h2-10H,11H2,1H3,(H,19,20). The maximum atomic E-state index is 12.9. The van der Waals surface area contributed by atoms with E-state index in [0.29, 0.717) is 6.54 Å². The fourth-order valence-corrected chi connectivity index (χ4v) is 2.29. The third-order valence-corrected chi connectivity index (χ3v) is 3.36. The Balaban J connectivity index is 1.88. The first-order valence-corrected chi connectivity index (χ1v) is 6.68. The Labute approximate surface area is 122 Å². The summed E-state index contributed by atoms with van der Waals surface area (Å²) >= 11 is 0. The molecule has 0 spiro atoms. The number of ether oxygens (including phenoxy) is 1. The number of pyridine rings is 1.